The number of hydrogen-bond acceptors (Lipinski definition) is 3. The van der Waals surface area contributed by atoms with Gasteiger partial charge in [0.2, 0.25) is 10.0 Å². The summed E-state index contributed by atoms with van der Waals surface area (Å²) in [6.07, 6.45) is 3.53. The molecule has 0 saturated heterocycles. The van der Waals surface area contributed by atoms with Crippen molar-refractivity contribution in [2.45, 2.75) is 44.6 Å². The number of hydrogen-bond donors (Lipinski definition) is 1. The lowest BCUT2D eigenvalue weighted by molar-refractivity contribution is 0.250. The van der Waals surface area contributed by atoms with Crippen molar-refractivity contribution in [2.24, 2.45) is 11.7 Å². The molecule has 5 heteroatoms. The molecule has 0 radical (unpaired) electrons. The van der Waals surface area contributed by atoms with Crippen LogP contribution in [0.1, 0.15) is 37.3 Å². The molecule has 0 aromatic heterocycles. The zero-order valence-electron chi connectivity index (χ0n) is 12.3. The van der Waals surface area contributed by atoms with Crippen LogP contribution in [0, 0.1) is 12.8 Å². The van der Waals surface area contributed by atoms with Crippen LogP contribution in [0.5, 0.6) is 0 Å². The maximum atomic E-state index is 12.8. The normalized spacial score (nSPS) is 16.4. The lowest BCUT2D eigenvalue weighted by atomic mass is 9.85. The molecule has 112 valence electrons. The van der Waals surface area contributed by atoms with E-state index in [9.17, 15) is 8.42 Å². The topological polar surface area (TPSA) is 63.4 Å². The highest BCUT2D eigenvalue weighted by Crippen LogP contribution is 2.29. The van der Waals surface area contributed by atoms with Gasteiger partial charge in [0.05, 0.1) is 4.90 Å². The molecule has 1 fully saturated rings. The minimum atomic E-state index is -3.39. The van der Waals surface area contributed by atoms with Crippen LogP contribution in [0.2, 0.25) is 0 Å². The third kappa shape index (κ3) is 3.05. The van der Waals surface area contributed by atoms with E-state index in [2.05, 4.69) is 0 Å². The average Bonchev–Trinajstić information content (AvgIpc) is 2.36. The number of sulfonamides is 1. The van der Waals surface area contributed by atoms with E-state index in [0.717, 1.165) is 24.0 Å². The van der Waals surface area contributed by atoms with Crippen LogP contribution in [0.4, 0.5) is 0 Å². The molecular weight excluding hydrogens is 272 g/mol. The first-order chi connectivity index (χ1) is 9.48. The molecule has 0 atom stereocenters. The average molecular weight is 296 g/mol. The first kappa shape index (κ1) is 15.5. The number of aryl methyl sites for hydroxylation is 1. The molecule has 20 heavy (non-hydrogen) atoms. The largest absolute Gasteiger partial charge is 0.326 e. The van der Waals surface area contributed by atoms with Crippen molar-refractivity contribution in [3.63, 3.8) is 0 Å². The molecule has 0 heterocycles. The third-order valence-corrected chi connectivity index (χ3v) is 6.23. The van der Waals surface area contributed by atoms with E-state index in [-0.39, 0.29) is 0 Å². The summed E-state index contributed by atoms with van der Waals surface area (Å²) in [6.45, 7) is 5.34. The van der Waals surface area contributed by atoms with Crippen molar-refractivity contribution in [1.82, 2.24) is 4.31 Å². The molecule has 1 aliphatic carbocycles. The van der Waals surface area contributed by atoms with Crippen molar-refractivity contribution in [3.8, 4) is 0 Å². The van der Waals surface area contributed by atoms with Crippen LogP contribution in [-0.4, -0.2) is 25.8 Å². The fraction of sp³-hybridized carbons (Fsp3) is 0.600. The summed E-state index contributed by atoms with van der Waals surface area (Å²) in [5.74, 6) is 0.536. The monoisotopic (exact) mass is 296 g/mol. The van der Waals surface area contributed by atoms with Crippen LogP contribution in [0.15, 0.2) is 23.1 Å². The Balaban J connectivity index is 2.27. The standard InChI is InChI=1S/C15H24N2O2S/c1-3-17(11-13-5-4-6-13)20(18,19)15-8-7-14(10-16)9-12(15)2/h7-9,13H,3-6,10-11,16H2,1-2H3. The summed E-state index contributed by atoms with van der Waals surface area (Å²) in [5.41, 5.74) is 7.33. The molecule has 1 aromatic rings. The van der Waals surface area contributed by atoms with Crippen molar-refractivity contribution in [3.05, 3.63) is 29.3 Å². The highest BCUT2D eigenvalue weighted by atomic mass is 32.2. The molecule has 0 spiro atoms. The lowest BCUT2D eigenvalue weighted by Gasteiger charge is -2.31. The summed E-state index contributed by atoms with van der Waals surface area (Å²) in [5, 5.41) is 0. The van der Waals surface area contributed by atoms with Gasteiger partial charge in [-0.05, 0) is 42.9 Å². The molecule has 1 aliphatic rings. The van der Waals surface area contributed by atoms with Gasteiger partial charge in [-0.3, -0.25) is 0 Å². The van der Waals surface area contributed by atoms with E-state index < -0.39 is 10.0 Å². The van der Waals surface area contributed by atoms with Gasteiger partial charge in [-0.1, -0.05) is 25.5 Å². The number of rotatable bonds is 6. The van der Waals surface area contributed by atoms with Crippen molar-refractivity contribution in [1.29, 1.82) is 0 Å². The Bertz CT molecular complexity index is 565. The molecule has 1 aromatic carbocycles. The van der Waals surface area contributed by atoms with Crippen molar-refractivity contribution < 1.29 is 8.42 Å². The smallest absolute Gasteiger partial charge is 0.243 e. The maximum Gasteiger partial charge on any atom is 0.243 e. The second-order valence-electron chi connectivity index (χ2n) is 5.56. The highest BCUT2D eigenvalue weighted by Gasteiger charge is 2.29. The predicted molar refractivity (Wildman–Crippen MR) is 80.8 cm³/mol. The van der Waals surface area contributed by atoms with Crippen molar-refractivity contribution in [2.75, 3.05) is 13.1 Å². The van der Waals surface area contributed by atoms with Gasteiger partial charge in [-0.15, -0.1) is 0 Å². The van der Waals surface area contributed by atoms with E-state index in [4.69, 9.17) is 5.73 Å². The van der Waals surface area contributed by atoms with Gasteiger partial charge >= 0.3 is 0 Å². The summed E-state index contributed by atoms with van der Waals surface area (Å²) >= 11 is 0. The van der Waals surface area contributed by atoms with Gasteiger partial charge in [-0.2, -0.15) is 4.31 Å². The predicted octanol–water partition coefficient (Wildman–Crippen LogP) is 2.26. The Hall–Kier alpha value is -0.910. The SMILES string of the molecule is CCN(CC1CCC1)S(=O)(=O)c1ccc(CN)cc1C. The van der Waals surface area contributed by atoms with E-state index >= 15 is 0 Å². The Morgan fingerprint density at radius 2 is 2.05 bits per heavy atom. The Morgan fingerprint density at radius 3 is 2.50 bits per heavy atom. The molecule has 1 saturated carbocycles. The first-order valence-electron chi connectivity index (χ1n) is 7.28. The molecule has 4 nitrogen and oxygen atoms in total. The second kappa shape index (κ2) is 6.24. The van der Waals surface area contributed by atoms with E-state index in [0.29, 0.717) is 30.4 Å². The van der Waals surface area contributed by atoms with Crippen molar-refractivity contribution >= 4 is 10.0 Å². The van der Waals surface area contributed by atoms with Gasteiger partial charge in [0, 0.05) is 19.6 Å². The number of benzene rings is 1. The van der Waals surface area contributed by atoms with Gasteiger partial charge in [0.1, 0.15) is 0 Å². The Labute approximate surface area is 122 Å². The number of nitrogens with zero attached hydrogens (tertiary/aromatic N) is 1. The van der Waals surface area contributed by atoms with Crippen LogP contribution in [0.3, 0.4) is 0 Å². The molecule has 2 rings (SSSR count). The fourth-order valence-electron chi connectivity index (χ4n) is 2.63. The quantitative estimate of drug-likeness (QED) is 0.876. The van der Waals surface area contributed by atoms with Gasteiger partial charge < -0.3 is 5.73 Å². The van der Waals surface area contributed by atoms with Gasteiger partial charge in [-0.25, -0.2) is 8.42 Å². The Morgan fingerprint density at radius 1 is 1.35 bits per heavy atom. The van der Waals surface area contributed by atoms with E-state index in [1.54, 1.807) is 16.4 Å². The van der Waals surface area contributed by atoms with Gasteiger partial charge in [0.15, 0.2) is 0 Å². The van der Waals surface area contributed by atoms with E-state index in [1.165, 1.54) is 6.42 Å². The minimum absolute atomic E-state index is 0.413. The maximum absolute atomic E-state index is 12.8. The molecule has 0 aliphatic heterocycles. The third-order valence-electron chi connectivity index (χ3n) is 4.13. The summed E-state index contributed by atoms with van der Waals surface area (Å²) in [7, 11) is -3.39. The number of nitrogens with two attached hydrogens (primary N) is 1. The van der Waals surface area contributed by atoms with Crippen LogP contribution < -0.4 is 5.73 Å². The minimum Gasteiger partial charge on any atom is -0.326 e. The molecule has 0 unspecified atom stereocenters. The van der Waals surface area contributed by atoms with Crippen LogP contribution in [0.25, 0.3) is 0 Å². The zero-order chi connectivity index (χ0) is 14.8. The fourth-order valence-corrected chi connectivity index (χ4v) is 4.36. The highest BCUT2D eigenvalue weighted by molar-refractivity contribution is 7.89. The zero-order valence-corrected chi connectivity index (χ0v) is 13.1. The molecule has 0 bridgehead atoms. The van der Waals surface area contributed by atoms with Gasteiger partial charge in [0.25, 0.3) is 0 Å². The Kier molecular flexibility index (Phi) is 4.83. The summed E-state index contributed by atoms with van der Waals surface area (Å²) in [4.78, 5) is 0.413. The summed E-state index contributed by atoms with van der Waals surface area (Å²) < 4.78 is 27.1. The first-order valence-corrected chi connectivity index (χ1v) is 8.72. The van der Waals surface area contributed by atoms with E-state index in [1.807, 2.05) is 19.9 Å². The van der Waals surface area contributed by atoms with Crippen LogP contribution >= 0.6 is 0 Å². The molecular formula is C15H24N2O2S. The second-order valence-corrected chi connectivity index (χ2v) is 7.46. The molecule has 0 amide bonds. The lowest BCUT2D eigenvalue weighted by Crippen LogP contribution is -2.37. The molecule has 2 N–H and O–H groups in total. The van der Waals surface area contributed by atoms with Crippen LogP contribution in [-0.2, 0) is 16.6 Å². The summed E-state index contributed by atoms with van der Waals surface area (Å²) in [6, 6.07) is 5.36.